The van der Waals surface area contributed by atoms with E-state index < -0.39 is 0 Å². The van der Waals surface area contributed by atoms with Crippen molar-refractivity contribution >= 4 is 29.1 Å². The zero-order chi connectivity index (χ0) is 12.8. The zero-order valence-corrected chi connectivity index (χ0v) is 10.8. The van der Waals surface area contributed by atoms with Gasteiger partial charge in [0.15, 0.2) is 0 Å². The molecule has 1 unspecified atom stereocenters. The van der Waals surface area contributed by atoms with Crippen LogP contribution in [0.15, 0.2) is 12.1 Å². The number of halogens is 2. The molecule has 5 heteroatoms. The van der Waals surface area contributed by atoms with Crippen LogP contribution in [0.5, 0.6) is 0 Å². The van der Waals surface area contributed by atoms with E-state index in [1.807, 2.05) is 6.92 Å². The molecule has 0 radical (unpaired) electrons. The molecule has 1 heterocycles. The summed E-state index contributed by atoms with van der Waals surface area (Å²) >= 11 is 11.6. The smallest absolute Gasteiger partial charge is 0.271 e. The maximum Gasteiger partial charge on any atom is 0.271 e. The molecule has 0 aliphatic carbocycles. The van der Waals surface area contributed by atoms with Crippen LogP contribution in [-0.2, 0) is 0 Å². The molecule has 1 atom stereocenters. The van der Waals surface area contributed by atoms with E-state index in [4.69, 9.17) is 29.6 Å². The van der Waals surface area contributed by atoms with Crippen LogP contribution in [0.1, 0.15) is 30.3 Å². The number of carbonyl (C=O) groups excluding carboxylic acids is 1. The van der Waals surface area contributed by atoms with E-state index in [0.717, 1.165) is 6.42 Å². The molecule has 1 N–H and O–H groups in total. The van der Waals surface area contributed by atoms with Crippen molar-refractivity contribution in [3.63, 3.8) is 0 Å². The standard InChI is InChI=1S/C12H12Cl2N2O/c1-3-5-8(4-2)15-12(17)11-9(13)6-7-10(14)16-11/h1,6-8H,4-5H2,2H3,(H,15,17). The lowest BCUT2D eigenvalue weighted by molar-refractivity contribution is 0.0932. The average Bonchev–Trinajstić information content (AvgIpc) is 2.31. The summed E-state index contributed by atoms with van der Waals surface area (Å²) in [6, 6.07) is 2.98. The Morgan fingerprint density at radius 1 is 1.59 bits per heavy atom. The summed E-state index contributed by atoms with van der Waals surface area (Å²) in [6.07, 6.45) is 6.43. The number of nitrogens with zero attached hydrogens (tertiary/aromatic N) is 1. The molecule has 3 nitrogen and oxygen atoms in total. The molecule has 1 rings (SSSR count). The average molecular weight is 271 g/mol. The van der Waals surface area contributed by atoms with Crippen molar-refractivity contribution in [1.82, 2.24) is 10.3 Å². The predicted octanol–water partition coefficient (Wildman–Crippen LogP) is 2.92. The second kappa shape index (κ2) is 6.48. The van der Waals surface area contributed by atoms with E-state index in [9.17, 15) is 4.79 Å². The van der Waals surface area contributed by atoms with Gasteiger partial charge in [-0.05, 0) is 18.6 Å². The molecule has 1 aromatic heterocycles. The molecule has 0 saturated carbocycles. The van der Waals surface area contributed by atoms with Crippen LogP contribution in [-0.4, -0.2) is 16.9 Å². The Bertz CT molecular complexity index is 454. The third-order valence-corrected chi connectivity index (χ3v) is 2.73. The van der Waals surface area contributed by atoms with Crippen LogP contribution >= 0.6 is 23.2 Å². The van der Waals surface area contributed by atoms with Gasteiger partial charge in [-0.25, -0.2) is 4.98 Å². The SMILES string of the molecule is C#CCC(CC)NC(=O)c1nc(Cl)ccc1Cl. The molecular formula is C12H12Cl2N2O. The normalized spacial score (nSPS) is 11.6. The summed E-state index contributed by atoms with van der Waals surface area (Å²) in [5.74, 6) is 2.15. The highest BCUT2D eigenvalue weighted by atomic mass is 35.5. The molecule has 0 aliphatic rings. The van der Waals surface area contributed by atoms with Crippen LogP contribution in [0.3, 0.4) is 0 Å². The summed E-state index contributed by atoms with van der Waals surface area (Å²) in [5.41, 5.74) is 0.120. The summed E-state index contributed by atoms with van der Waals surface area (Å²) in [6.45, 7) is 1.94. The molecule has 0 aliphatic heterocycles. The molecule has 1 aromatic rings. The van der Waals surface area contributed by atoms with Gasteiger partial charge in [0.05, 0.1) is 5.02 Å². The van der Waals surface area contributed by atoms with Crippen molar-refractivity contribution in [2.45, 2.75) is 25.8 Å². The lowest BCUT2D eigenvalue weighted by atomic mass is 10.1. The second-order valence-corrected chi connectivity index (χ2v) is 4.25. The molecule has 90 valence electrons. The van der Waals surface area contributed by atoms with Crippen molar-refractivity contribution < 1.29 is 4.79 Å². The van der Waals surface area contributed by atoms with Crippen molar-refractivity contribution in [2.75, 3.05) is 0 Å². The first-order chi connectivity index (χ1) is 8.08. The Morgan fingerprint density at radius 2 is 2.29 bits per heavy atom. The van der Waals surface area contributed by atoms with Gasteiger partial charge in [-0.15, -0.1) is 12.3 Å². The number of hydrogen-bond donors (Lipinski definition) is 1. The third kappa shape index (κ3) is 3.92. The Hall–Kier alpha value is -1.24. The van der Waals surface area contributed by atoms with E-state index >= 15 is 0 Å². The van der Waals surface area contributed by atoms with Gasteiger partial charge in [-0.1, -0.05) is 30.1 Å². The Morgan fingerprint density at radius 3 is 2.88 bits per heavy atom. The number of rotatable bonds is 4. The minimum Gasteiger partial charge on any atom is -0.347 e. The number of amides is 1. The molecule has 0 bridgehead atoms. The second-order valence-electron chi connectivity index (χ2n) is 3.45. The lowest BCUT2D eigenvalue weighted by Crippen LogP contribution is -2.34. The number of aromatic nitrogens is 1. The van der Waals surface area contributed by atoms with Crippen molar-refractivity contribution in [3.05, 3.63) is 28.0 Å². The quantitative estimate of drug-likeness (QED) is 0.675. The molecule has 0 aromatic carbocycles. The summed E-state index contributed by atoms with van der Waals surface area (Å²) < 4.78 is 0. The van der Waals surface area contributed by atoms with Gasteiger partial charge in [0.1, 0.15) is 10.8 Å². The van der Waals surface area contributed by atoms with Crippen molar-refractivity contribution in [3.8, 4) is 12.3 Å². The van der Waals surface area contributed by atoms with Crippen LogP contribution in [0.25, 0.3) is 0 Å². The first-order valence-corrected chi connectivity index (χ1v) is 5.90. The summed E-state index contributed by atoms with van der Waals surface area (Å²) in [7, 11) is 0. The van der Waals surface area contributed by atoms with Crippen molar-refractivity contribution in [2.24, 2.45) is 0 Å². The van der Waals surface area contributed by atoms with Crippen LogP contribution in [0, 0.1) is 12.3 Å². The number of hydrogen-bond acceptors (Lipinski definition) is 2. The van der Waals surface area contributed by atoms with Gasteiger partial charge in [-0.3, -0.25) is 4.79 Å². The fourth-order valence-electron chi connectivity index (χ4n) is 1.27. The lowest BCUT2D eigenvalue weighted by Gasteiger charge is -2.14. The summed E-state index contributed by atoms with van der Waals surface area (Å²) in [5, 5.41) is 3.26. The molecule has 17 heavy (non-hydrogen) atoms. The van der Waals surface area contributed by atoms with Gasteiger partial charge in [0, 0.05) is 12.5 Å². The minimum absolute atomic E-state index is 0.0793. The van der Waals surface area contributed by atoms with E-state index in [1.165, 1.54) is 12.1 Å². The minimum atomic E-state index is -0.361. The zero-order valence-electron chi connectivity index (χ0n) is 9.34. The van der Waals surface area contributed by atoms with Gasteiger partial charge in [-0.2, -0.15) is 0 Å². The predicted molar refractivity (Wildman–Crippen MR) is 69.3 cm³/mol. The first kappa shape index (κ1) is 13.8. The van der Waals surface area contributed by atoms with E-state index in [1.54, 1.807) is 0 Å². The van der Waals surface area contributed by atoms with Gasteiger partial charge in [0.25, 0.3) is 5.91 Å². The highest BCUT2D eigenvalue weighted by Crippen LogP contribution is 2.17. The van der Waals surface area contributed by atoms with E-state index in [0.29, 0.717) is 6.42 Å². The van der Waals surface area contributed by atoms with Gasteiger partial charge < -0.3 is 5.32 Å². The highest BCUT2D eigenvalue weighted by molar-refractivity contribution is 6.34. The molecular weight excluding hydrogens is 259 g/mol. The maximum absolute atomic E-state index is 11.9. The van der Waals surface area contributed by atoms with Crippen LogP contribution in [0.4, 0.5) is 0 Å². The number of terminal acetylenes is 1. The van der Waals surface area contributed by atoms with Gasteiger partial charge >= 0.3 is 0 Å². The fraction of sp³-hybridized carbons (Fsp3) is 0.333. The highest BCUT2D eigenvalue weighted by Gasteiger charge is 2.16. The first-order valence-electron chi connectivity index (χ1n) is 5.14. The van der Waals surface area contributed by atoms with Crippen LogP contribution in [0.2, 0.25) is 10.2 Å². The number of carbonyl (C=O) groups is 1. The monoisotopic (exact) mass is 270 g/mol. The van der Waals surface area contributed by atoms with E-state index in [2.05, 4.69) is 16.2 Å². The molecule has 0 spiro atoms. The van der Waals surface area contributed by atoms with E-state index in [-0.39, 0.29) is 27.8 Å². The Labute approximate surface area is 111 Å². The maximum atomic E-state index is 11.9. The molecule has 0 fully saturated rings. The number of pyridine rings is 1. The third-order valence-electron chi connectivity index (χ3n) is 2.22. The van der Waals surface area contributed by atoms with Crippen molar-refractivity contribution in [1.29, 1.82) is 0 Å². The topological polar surface area (TPSA) is 42.0 Å². The largest absolute Gasteiger partial charge is 0.347 e. The van der Waals surface area contributed by atoms with Crippen LogP contribution < -0.4 is 5.32 Å². The summed E-state index contributed by atoms with van der Waals surface area (Å²) in [4.78, 5) is 15.8. The number of nitrogens with one attached hydrogen (secondary N) is 1. The fourth-order valence-corrected chi connectivity index (χ4v) is 1.61. The molecule has 0 saturated heterocycles. The molecule has 1 amide bonds. The van der Waals surface area contributed by atoms with Gasteiger partial charge in [0.2, 0.25) is 0 Å². The Kier molecular flexibility index (Phi) is 5.27. The Balaban J connectivity index is 2.82.